The Bertz CT molecular complexity index is 474. The largest absolute Gasteiger partial charge is 0.347 e. The number of aryl methyl sites for hydroxylation is 1. The van der Waals surface area contributed by atoms with Crippen LogP contribution in [0.15, 0.2) is 24.3 Å². The first-order valence-corrected chi connectivity index (χ1v) is 6.59. The van der Waals surface area contributed by atoms with E-state index in [1.807, 2.05) is 18.2 Å². The first-order valence-electron chi connectivity index (χ1n) is 6.59. The number of nitrogens with two attached hydrogens (primary N) is 1. The zero-order chi connectivity index (χ0) is 13.7. The molecule has 2 rings (SSSR count). The lowest BCUT2D eigenvalue weighted by Crippen LogP contribution is -2.43. The van der Waals surface area contributed by atoms with Crippen LogP contribution in [0.5, 0.6) is 0 Å². The van der Waals surface area contributed by atoms with E-state index >= 15 is 0 Å². The molecule has 0 aliphatic heterocycles. The van der Waals surface area contributed by atoms with Gasteiger partial charge in [-0.05, 0) is 30.4 Å². The molecule has 4 N–H and O–H groups in total. The molecular weight excluding hydrogens is 242 g/mol. The Hall–Kier alpha value is -1.88. The number of hydrogen-bond acceptors (Lipinski definition) is 3. The van der Waals surface area contributed by atoms with Gasteiger partial charge in [-0.3, -0.25) is 9.59 Å². The highest BCUT2D eigenvalue weighted by molar-refractivity contribution is 6.35. The van der Waals surface area contributed by atoms with Crippen LogP contribution >= 0.6 is 0 Å². The van der Waals surface area contributed by atoms with Crippen LogP contribution in [-0.4, -0.2) is 24.9 Å². The molecule has 5 heteroatoms. The number of carbonyl (C=O) groups is 2. The standard InChI is InChI=1S/C14H19N3O2/c15-8-9-16-13(18)14(19)17-12-7-3-5-10-4-1-2-6-11(10)12/h1-2,4,6,12H,3,5,7-9,15H2,(H,16,18)(H,17,19). The minimum atomic E-state index is -0.617. The van der Waals surface area contributed by atoms with Crippen LogP contribution in [0.2, 0.25) is 0 Å². The summed E-state index contributed by atoms with van der Waals surface area (Å²) in [5.74, 6) is -1.20. The van der Waals surface area contributed by atoms with E-state index < -0.39 is 11.8 Å². The maximum atomic E-state index is 11.8. The number of hydrogen-bond donors (Lipinski definition) is 3. The Balaban J connectivity index is 2.00. The smallest absolute Gasteiger partial charge is 0.309 e. The van der Waals surface area contributed by atoms with E-state index in [4.69, 9.17) is 5.73 Å². The minimum Gasteiger partial charge on any atom is -0.347 e. The highest BCUT2D eigenvalue weighted by atomic mass is 16.2. The van der Waals surface area contributed by atoms with E-state index in [0.29, 0.717) is 13.1 Å². The van der Waals surface area contributed by atoms with Crippen molar-refractivity contribution in [1.82, 2.24) is 10.6 Å². The van der Waals surface area contributed by atoms with Crippen molar-refractivity contribution in [2.75, 3.05) is 13.1 Å². The molecule has 0 heterocycles. The lowest BCUT2D eigenvalue weighted by molar-refractivity contribution is -0.139. The molecule has 1 aliphatic rings. The average molecular weight is 261 g/mol. The summed E-state index contributed by atoms with van der Waals surface area (Å²) in [5, 5.41) is 5.26. The molecule has 1 aromatic rings. The summed E-state index contributed by atoms with van der Waals surface area (Å²) < 4.78 is 0. The van der Waals surface area contributed by atoms with Crippen LogP contribution < -0.4 is 16.4 Å². The van der Waals surface area contributed by atoms with Gasteiger partial charge < -0.3 is 16.4 Å². The maximum absolute atomic E-state index is 11.8. The maximum Gasteiger partial charge on any atom is 0.309 e. The molecule has 19 heavy (non-hydrogen) atoms. The van der Waals surface area contributed by atoms with Crippen LogP contribution in [-0.2, 0) is 16.0 Å². The van der Waals surface area contributed by atoms with Gasteiger partial charge in [0, 0.05) is 13.1 Å². The first kappa shape index (κ1) is 13.5. The van der Waals surface area contributed by atoms with Crippen LogP contribution in [0.4, 0.5) is 0 Å². The Kier molecular flexibility index (Phi) is 4.52. The predicted molar refractivity (Wildman–Crippen MR) is 72.3 cm³/mol. The van der Waals surface area contributed by atoms with Gasteiger partial charge in [0.1, 0.15) is 0 Å². The molecule has 0 saturated carbocycles. The second-order valence-corrected chi connectivity index (χ2v) is 4.66. The molecule has 0 fully saturated rings. The molecule has 0 spiro atoms. The Morgan fingerprint density at radius 1 is 1.26 bits per heavy atom. The Labute approximate surface area is 112 Å². The van der Waals surface area contributed by atoms with Crippen LogP contribution in [0.25, 0.3) is 0 Å². The van der Waals surface area contributed by atoms with Gasteiger partial charge >= 0.3 is 11.8 Å². The van der Waals surface area contributed by atoms with E-state index in [0.717, 1.165) is 24.8 Å². The third-order valence-corrected chi connectivity index (χ3v) is 3.31. The third kappa shape index (κ3) is 3.32. The molecule has 2 amide bonds. The summed E-state index contributed by atoms with van der Waals surface area (Å²) in [6.45, 7) is 0.638. The van der Waals surface area contributed by atoms with Crippen molar-refractivity contribution >= 4 is 11.8 Å². The van der Waals surface area contributed by atoms with Crippen molar-refractivity contribution in [3.63, 3.8) is 0 Å². The molecule has 1 aliphatic carbocycles. The highest BCUT2D eigenvalue weighted by Gasteiger charge is 2.23. The normalized spacial score (nSPS) is 17.4. The lowest BCUT2D eigenvalue weighted by atomic mass is 9.88. The van der Waals surface area contributed by atoms with Crippen LogP contribution in [0, 0.1) is 0 Å². The van der Waals surface area contributed by atoms with Gasteiger partial charge in [0.25, 0.3) is 0 Å². The molecule has 0 radical (unpaired) electrons. The number of benzene rings is 1. The topological polar surface area (TPSA) is 84.2 Å². The number of fused-ring (bicyclic) bond motifs is 1. The zero-order valence-electron chi connectivity index (χ0n) is 10.8. The van der Waals surface area contributed by atoms with Crippen molar-refractivity contribution in [3.05, 3.63) is 35.4 Å². The fourth-order valence-electron chi connectivity index (χ4n) is 2.39. The van der Waals surface area contributed by atoms with Gasteiger partial charge in [-0.1, -0.05) is 24.3 Å². The second-order valence-electron chi connectivity index (χ2n) is 4.66. The van der Waals surface area contributed by atoms with Gasteiger partial charge in [0.2, 0.25) is 0 Å². The first-order chi connectivity index (χ1) is 9.22. The van der Waals surface area contributed by atoms with Gasteiger partial charge in [0.15, 0.2) is 0 Å². The van der Waals surface area contributed by atoms with Gasteiger partial charge in [-0.15, -0.1) is 0 Å². The number of amides is 2. The van der Waals surface area contributed by atoms with E-state index in [-0.39, 0.29) is 6.04 Å². The van der Waals surface area contributed by atoms with E-state index in [1.54, 1.807) is 0 Å². The molecule has 5 nitrogen and oxygen atoms in total. The van der Waals surface area contributed by atoms with Crippen molar-refractivity contribution in [1.29, 1.82) is 0 Å². The van der Waals surface area contributed by atoms with Crippen molar-refractivity contribution in [3.8, 4) is 0 Å². The van der Waals surface area contributed by atoms with Gasteiger partial charge in [-0.25, -0.2) is 0 Å². The van der Waals surface area contributed by atoms with Crippen molar-refractivity contribution in [2.45, 2.75) is 25.3 Å². The number of rotatable bonds is 3. The van der Waals surface area contributed by atoms with Gasteiger partial charge in [0.05, 0.1) is 6.04 Å². The number of nitrogens with one attached hydrogen (secondary N) is 2. The quantitative estimate of drug-likeness (QED) is 0.682. The fourth-order valence-corrected chi connectivity index (χ4v) is 2.39. The summed E-state index contributed by atoms with van der Waals surface area (Å²) in [5.41, 5.74) is 7.65. The lowest BCUT2D eigenvalue weighted by Gasteiger charge is -2.26. The summed E-state index contributed by atoms with van der Waals surface area (Å²) >= 11 is 0. The molecule has 0 bridgehead atoms. The highest BCUT2D eigenvalue weighted by Crippen LogP contribution is 2.29. The summed E-state index contributed by atoms with van der Waals surface area (Å²) in [7, 11) is 0. The molecule has 0 saturated heterocycles. The minimum absolute atomic E-state index is 0.0684. The van der Waals surface area contributed by atoms with Crippen LogP contribution in [0.3, 0.4) is 0 Å². The predicted octanol–water partition coefficient (Wildman–Crippen LogP) is 0.255. The van der Waals surface area contributed by atoms with E-state index in [9.17, 15) is 9.59 Å². The molecular formula is C14H19N3O2. The fraction of sp³-hybridized carbons (Fsp3) is 0.429. The SMILES string of the molecule is NCCNC(=O)C(=O)NC1CCCc2ccccc21. The third-order valence-electron chi connectivity index (χ3n) is 3.31. The monoisotopic (exact) mass is 261 g/mol. The zero-order valence-corrected chi connectivity index (χ0v) is 10.8. The Morgan fingerprint density at radius 3 is 2.84 bits per heavy atom. The summed E-state index contributed by atoms with van der Waals surface area (Å²) in [4.78, 5) is 23.3. The molecule has 1 unspecified atom stereocenters. The van der Waals surface area contributed by atoms with Gasteiger partial charge in [-0.2, -0.15) is 0 Å². The molecule has 1 aromatic carbocycles. The Morgan fingerprint density at radius 2 is 2.05 bits per heavy atom. The van der Waals surface area contributed by atoms with Crippen molar-refractivity contribution < 1.29 is 9.59 Å². The summed E-state index contributed by atoms with van der Waals surface area (Å²) in [6, 6.07) is 7.97. The average Bonchev–Trinajstić information content (AvgIpc) is 2.45. The van der Waals surface area contributed by atoms with E-state index in [1.165, 1.54) is 5.56 Å². The molecule has 0 aromatic heterocycles. The number of carbonyl (C=O) groups excluding carboxylic acids is 2. The van der Waals surface area contributed by atoms with E-state index in [2.05, 4.69) is 16.7 Å². The summed E-state index contributed by atoms with van der Waals surface area (Å²) in [6.07, 6.45) is 2.92. The molecule has 1 atom stereocenters. The van der Waals surface area contributed by atoms with Crippen molar-refractivity contribution in [2.24, 2.45) is 5.73 Å². The molecule has 102 valence electrons. The van der Waals surface area contributed by atoms with Crippen LogP contribution in [0.1, 0.15) is 30.0 Å². The second kappa shape index (κ2) is 6.33.